The standard InChI is InChI=1S/C18H17F2NO2/c19-14-5-3-6-15(11-14)23-16-8-9-21(12-16)18(22)10-13-4-1-2-7-17(13)20/h1-7,11,16H,8-10,12H2. The number of hydrogen-bond acceptors (Lipinski definition) is 2. The molecule has 0 bridgehead atoms. The van der Waals surface area contributed by atoms with Crippen molar-refractivity contribution >= 4 is 5.91 Å². The van der Waals surface area contributed by atoms with Crippen LogP contribution in [0.1, 0.15) is 12.0 Å². The third-order valence-electron chi connectivity index (χ3n) is 3.90. The van der Waals surface area contributed by atoms with Gasteiger partial charge in [0.2, 0.25) is 5.91 Å². The fourth-order valence-corrected chi connectivity index (χ4v) is 2.70. The Hall–Kier alpha value is -2.43. The normalized spacial score (nSPS) is 17.3. The highest BCUT2D eigenvalue weighted by Gasteiger charge is 2.28. The van der Waals surface area contributed by atoms with E-state index in [0.717, 1.165) is 0 Å². The summed E-state index contributed by atoms with van der Waals surface area (Å²) in [5.74, 6) is -0.389. The maximum Gasteiger partial charge on any atom is 0.227 e. The van der Waals surface area contributed by atoms with Gasteiger partial charge >= 0.3 is 0 Å². The van der Waals surface area contributed by atoms with Crippen LogP contribution in [0.4, 0.5) is 8.78 Å². The van der Waals surface area contributed by atoms with Crippen molar-refractivity contribution in [2.75, 3.05) is 13.1 Å². The van der Waals surface area contributed by atoms with Gasteiger partial charge in [0.1, 0.15) is 23.5 Å². The maximum atomic E-state index is 13.6. The summed E-state index contributed by atoms with van der Waals surface area (Å²) in [5.41, 5.74) is 0.395. The first-order valence-corrected chi connectivity index (χ1v) is 7.55. The van der Waals surface area contributed by atoms with Crippen molar-refractivity contribution in [3.05, 3.63) is 65.7 Å². The number of carbonyl (C=O) groups is 1. The van der Waals surface area contributed by atoms with Gasteiger partial charge in [-0.1, -0.05) is 24.3 Å². The number of carbonyl (C=O) groups excluding carboxylic acids is 1. The maximum absolute atomic E-state index is 13.6. The van der Waals surface area contributed by atoms with E-state index in [0.29, 0.717) is 30.8 Å². The second-order valence-corrected chi connectivity index (χ2v) is 5.59. The zero-order chi connectivity index (χ0) is 16.2. The van der Waals surface area contributed by atoms with Crippen LogP contribution in [0.2, 0.25) is 0 Å². The second-order valence-electron chi connectivity index (χ2n) is 5.59. The predicted molar refractivity (Wildman–Crippen MR) is 82.1 cm³/mol. The van der Waals surface area contributed by atoms with Crippen molar-refractivity contribution in [1.82, 2.24) is 4.90 Å². The molecule has 2 aromatic rings. The molecule has 3 nitrogen and oxygen atoms in total. The molecule has 0 radical (unpaired) electrons. The molecular formula is C18H17F2NO2. The van der Waals surface area contributed by atoms with E-state index < -0.39 is 0 Å². The zero-order valence-electron chi connectivity index (χ0n) is 12.5. The summed E-state index contributed by atoms with van der Waals surface area (Å²) >= 11 is 0. The monoisotopic (exact) mass is 317 g/mol. The molecule has 120 valence electrons. The molecule has 1 amide bonds. The van der Waals surface area contributed by atoms with E-state index in [2.05, 4.69) is 0 Å². The molecule has 1 unspecified atom stereocenters. The fourth-order valence-electron chi connectivity index (χ4n) is 2.70. The van der Waals surface area contributed by atoms with Gasteiger partial charge in [-0.05, 0) is 23.8 Å². The van der Waals surface area contributed by atoms with Crippen molar-refractivity contribution in [1.29, 1.82) is 0 Å². The van der Waals surface area contributed by atoms with Gasteiger partial charge in [0.05, 0.1) is 13.0 Å². The first-order valence-electron chi connectivity index (χ1n) is 7.55. The van der Waals surface area contributed by atoms with Crippen molar-refractivity contribution in [3.8, 4) is 5.75 Å². The van der Waals surface area contributed by atoms with Gasteiger partial charge in [-0.25, -0.2) is 8.78 Å². The minimum atomic E-state index is -0.368. The Morgan fingerprint density at radius 3 is 2.78 bits per heavy atom. The van der Waals surface area contributed by atoms with Gasteiger partial charge in [-0.15, -0.1) is 0 Å². The summed E-state index contributed by atoms with van der Waals surface area (Å²) in [5, 5.41) is 0. The molecule has 0 aliphatic carbocycles. The lowest BCUT2D eigenvalue weighted by Gasteiger charge is -2.17. The summed E-state index contributed by atoms with van der Waals surface area (Å²) in [6.45, 7) is 0.997. The van der Waals surface area contributed by atoms with Crippen LogP contribution in [0.5, 0.6) is 5.75 Å². The SMILES string of the molecule is O=C(Cc1ccccc1F)N1CCC(Oc2cccc(F)c2)C1. The minimum Gasteiger partial charge on any atom is -0.488 e. The van der Waals surface area contributed by atoms with Crippen molar-refractivity contribution < 1.29 is 18.3 Å². The molecule has 0 saturated carbocycles. The number of halogens is 2. The summed E-state index contributed by atoms with van der Waals surface area (Å²) in [4.78, 5) is 13.9. The molecule has 1 saturated heterocycles. The number of amides is 1. The first kappa shape index (κ1) is 15.5. The molecule has 0 spiro atoms. The van der Waals surface area contributed by atoms with Crippen LogP contribution in [0, 0.1) is 11.6 Å². The molecule has 23 heavy (non-hydrogen) atoms. The zero-order valence-corrected chi connectivity index (χ0v) is 12.5. The van der Waals surface area contributed by atoms with Crippen LogP contribution in [0.15, 0.2) is 48.5 Å². The first-order chi connectivity index (χ1) is 11.1. The van der Waals surface area contributed by atoms with E-state index in [1.807, 2.05) is 0 Å². The number of nitrogens with zero attached hydrogens (tertiary/aromatic N) is 1. The number of hydrogen-bond donors (Lipinski definition) is 0. The van der Waals surface area contributed by atoms with Crippen molar-refractivity contribution in [2.45, 2.75) is 18.9 Å². The smallest absolute Gasteiger partial charge is 0.227 e. The molecule has 0 N–H and O–H groups in total. The largest absolute Gasteiger partial charge is 0.488 e. The van der Waals surface area contributed by atoms with E-state index in [1.54, 1.807) is 35.2 Å². The molecule has 2 aromatic carbocycles. The van der Waals surface area contributed by atoms with Gasteiger partial charge < -0.3 is 9.64 Å². The van der Waals surface area contributed by atoms with Gasteiger partial charge in [0.15, 0.2) is 0 Å². The Morgan fingerprint density at radius 1 is 1.17 bits per heavy atom. The highest BCUT2D eigenvalue weighted by atomic mass is 19.1. The van der Waals surface area contributed by atoms with Crippen molar-refractivity contribution in [2.24, 2.45) is 0 Å². The van der Waals surface area contributed by atoms with Gasteiger partial charge in [0.25, 0.3) is 0 Å². The molecule has 1 fully saturated rings. The van der Waals surface area contributed by atoms with Crippen LogP contribution < -0.4 is 4.74 Å². The Balaban J connectivity index is 1.57. The van der Waals surface area contributed by atoms with E-state index >= 15 is 0 Å². The lowest BCUT2D eigenvalue weighted by molar-refractivity contribution is -0.129. The molecular weight excluding hydrogens is 300 g/mol. The molecule has 1 heterocycles. The highest BCUT2D eigenvalue weighted by molar-refractivity contribution is 5.79. The quantitative estimate of drug-likeness (QED) is 0.867. The summed E-state index contributed by atoms with van der Waals surface area (Å²) < 4.78 is 32.5. The Labute approximate surface area is 133 Å². The number of ether oxygens (including phenoxy) is 1. The second kappa shape index (κ2) is 6.77. The lowest BCUT2D eigenvalue weighted by Crippen LogP contribution is -2.32. The number of likely N-dealkylation sites (tertiary alicyclic amines) is 1. The molecule has 1 aliphatic heterocycles. The Morgan fingerprint density at radius 2 is 2.00 bits per heavy atom. The molecule has 1 atom stereocenters. The number of rotatable bonds is 4. The average molecular weight is 317 g/mol. The molecule has 5 heteroatoms. The number of benzene rings is 2. The van der Waals surface area contributed by atoms with E-state index in [-0.39, 0.29) is 30.1 Å². The van der Waals surface area contributed by atoms with Gasteiger partial charge in [-0.2, -0.15) is 0 Å². The Kier molecular flexibility index (Phi) is 4.55. The van der Waals surface area contributed by atoms with Gasteiger partial charge in [0, 0.05) is 19.0 Å². The molecule has 0 aromatic heterocycles. The van der Waals surface area contributed by atoms with E-state index in [4.69, 9.17) is 4.74 Å². The van der Waals surface area contributed by atoms with Crippen LogP contribution in [-0.4, -0.2) is 30.0 Å². The average Bonchev–Trinajstić information content (AvgIpc) is 2.98. The van der Waals surface area contributed by atoms with Crippen LogP contribution in [0.25, 0.3) is 0 Å². The lowest BCUT2D eigenvalue weighted by atomic mass is 10.1. The summed E-state index contributed by atoms with van der Waals surface area (Å²) in [6, 6.07) is 12.2. The summed E-state index contributed by atoms with van der Waals surface area (Å²) in [7, 11) is 0. The topological polar surface area (TPSA) is 29.5 Å². The van der Waals surface area contributed by atoms with E-state index in [9.17, 15) is 13.6 Å². The minimum absolute atomic E-state index is 0.0410. The van der Waals surface area contributed by atoms with Crippen LogP contribution in [0.3, 0.4) is 0 Å². The molecule has 3 rings (SSSR count). The van der Waals surface area contributed by atoms with E-state index in [1.165, 1.54) is 18.2 Å². The van der Waals surface area contributed by atoms with Crippen LogP contribution in [-0.2, 0) is 11.2 Å². The third kappa shape index (κ3) is 3.86. The Bertz CT molecular complexity index is 705. The third-order valence-corrected chi connectivity index (χ3v) is 3.90. The highest BCUT2D eigenvalue weighted by Crippen LogP contribution is 2.20. The fraction of sp³-hybridized carbons (Fsp3) is 0.278. The molecule has 1 aliphatic rings. The van der Waals surface area contributed by atoms with Gasteiger partial charge in [-0.3, -0.25) is 4.79 Å². The van der Waals surface area contributed by atoms with Crippen molar-refractivity contribution in [3.63, 3.8) is 0 Å². The summed E-state index contributed by atoms with van der Waals surface area (Å²) in [6.07, 6.45) is 0.556. The predicted octanol–water partition coefficient (Wildman–Crippen LogP) is 3.19. The van der Waals surface area contributed by atoms with Crippen LogP contribution >= 0.6 is 0 Å².